The second-order valence-electron chi connectivity index (χ2n) is 6.12. The van der Waals surface area contributed by atoms with Crippen LogP contribution in [0.3, 0.4) is 0 Å². The van der Waals surface area contributed by atoms with Crippen molar-refractivity contribution in [1.82, 2.24) is 4.90 Å². The highest BCUT2D eigenvalue weighted by atomic mass is 32.2. The molecule has 0 N–H and O–H groups in total. The highest BCUT2D eigenvalue weighted by Crippen LogP contribution is 2.41. The highest BCUT2D eigenvalue weighted by Gasteiger charge is 2.30. The van der Waals surface area contributed by atoms with E-state index in [0.717, 1.165) is 42.2 Å². The minimum absolute atomic E-state index is 0.0668. The molecule has 1 saturated heterocycles. The van der Waals surface area contributed by atoms with Crippen LogP contribution in [-0.4, -0.2) is 37.3 Å². The van der Waals surface area contributed by atoms with Crippen LogP contribution >= 0.6 is 11.8 Å². The van der Waals surface area contributed by atoms with Gasteiger partial charge in [0.05, 0.1) is 14.2 Å². The Morgan fingerprint density at radius 2 is 1.79 bits per heavy atom. The summed E-state index contributed by atoms with van der Waals surface area (Å²) in [5.41, 5.74) is 1.08. The maximum absolute atomic E-state index is 12.6. The molecule has 0 aliphatic carbocycles. The Bertz CT molecular complexity index is 513. The number of benzene rings is 1. The molecule has 5 heteroatoms. The van der Waals surface area contributed by atoms with Gasteiger partial charge in [0.15, 0.2) is 0 Å². The smallest absolute Gasteiger partial charge is 0.223 e. The van der Waals surface area contributed by atoms with E-state index in [-0.39, 0.29) is 11.3 Å². The fourth-order valence-electron chi connectivity index (χ4n) is 3.00. The van der Waals surface area contributed by atoms with Gasteiger partial charge in [-0.2, -0.15) is 0 Å². The van der Waals surface area contributed by atoms with E-state index in [9.17, 15) is 4.79 Å². The Kier molecular flexibility index (Phi) is 7.76. The van der Waals surface area contributed by atoms with Gasteiger partial charge < -0.3 is 14.4 Å². The van der Waals surface area contributed by atoms with Crippen molar-refractivity contribution in [3.63, 3.8) is 0 Å². The van der Waals surface area contributed by atoms with Crippen LogP contribution in [0.5, 0.6) is 11.5 Å². The monoisotopic (exact) mass is 351 g/mol. The molecule has 0 saturated carbocycles. The molecule has 1 aliphatic heterocycles. The van der Waals surface area contributed by atoms with E-state index in [4.69, 9.17) is 9.47 Å². The van der Waals surface area contributed by atoms with Gasteiger partial charge in [-0.25, -0.2) is 0 Å². The first-order valence-electron chi connectivity index (χ1n) is 8.83. The quantitative estimate of drug-likeness (QED) is 0.608. The van der Waals surface area contributed by atoms with Crippen LogP contribution in [0.15, 0.2) is 18.2 Å². The molecule has 1 aromatic carbocycles. The summed E-state index contributed by atoms with van der Waals surface area (Å²) in [6.07, 6.45) is 6.53. The van der Waals surface area contributed by atoms with E-state index in [2.05, 4.69) is 6.92 Å². The molecule has 0 aromatic heterocycles. The van der Waals surface area contributed by atoms with Crippen molar-refractivity contribution in [3.8, 4) is 11.5 Å². The second kappa shape index (κ2) is 9.82. The fraction of sp³-hybridized carbons (Fsp3) is 0.632. The number of rotatable bonds is 9. The average molecular weight is 352 g/mol. The van der Waals surface area contributed by atoms with E-state index in [1.807, 2.05) is 34.9 Å². The predicted octanol–water partition coefficient (Wildman–Crippen LogP) is 4.64. The van der Waals surface area contributed by atoms with Crippen LogP contribution < -0.4 is 9.47 Å². The summed E-state index contributed by atoms with van der Waals surface area (Å²) in [6.45, 7) is 3.03. The summed E-state index contributed by atoms with van der Waals surface area (Å²) in [5, 5.41) is 0.0668. The molecule has 24 heavy (non-hydrogen) atoms. The molecule has 1 unspecified atom stereocenters. The maximum atomic E-state index is 12.6. The normalized spacial score (nSPS) is 17.1. The lowest BCUT2D eigenvalue weighted by atomic mass is 10.1. The van der Waals surface area contributed by atoms with Crippen molar-refractivity contribution >= 4 is 17.7 Å². The van der Waals surface area contributed by atoms with Gasteiger partial charge >= 0.3 is 0 Å². The van der Waals surface area contributed by atoms with E-state index < -0.39 is 0 Å². The Labute approximate surface area is 149 Å². The molecule has 1 aliphatic rings. The molecule has 2 rings (SSSR count). The number of carbonyl (C=O) groups is 1. The lowest BCUT2D eigenvalue weighted by Gasteiger charge is -2.25. The number of unbranched alkanes of at least 4 members (excludes halogenated alkanes) is 4. The molecule has 1 atom stereocenters. The van der Waals surface area contributed by atoms with E-state index in [1.54, 1.807) is 14.2 Å². The topological polar surface area (TPSA) is 38.8 Å². The van der Waals surface area contributed by atoms with Gasteiger partial charge in [0, 0.05) is 24.8 Å². The third-order valence-electron chi connectivity index (χ3n) is 4.36. The standard InChI is InChI=1S/C19H29NO3S/c1-4-5-6-7-8-9-18(21)20-10-11-24-19(20)15-12-16(22-2)14-17(13-15)23-3/h12-14,19H,4-11H2,1-3H3. The van der Waals surface area contributed by atoms with Gasteiger partial charge in [-0.3, -0.25) is 4.79 Å². The molecule has 134 valence electrons. The second-order valence-corrected chi connectivity index (χ2v) is 7.31. The number of ether oxygens (including phenoxy) is 2. The first-order chi connectivity index (χ1) is 11.7. The summed E-state index contributed by atoms with van der Waals surface area (Å²) < 4.78 is 10.7. The summed E-state index contributed by atoms with van der Waals surface area (Å²) in [7, 11) is 3.30. The molecular formula is C19H29NO3S. The van der Waals surface area contributed by atoms with E-state index in [0.29, 0.717) is 6.42 Å². The van der Waals surface area contributed by atoms with Crippen molar-refractivity contribution in [3.05, 3.63) is 23.8 Å². The molecule has 0 bridgehead atoms. The Morgan fingerprint density at radius 1 is 1.12 bits per heavy atom. The maximum Gasteiger partial charge on any atom is 0.223 e. The molecular weight excluding hydrogens is 322 g/mol. The van der Waals surface area contributed by atoms with Gasteiger partial charge in [0.25, 0.3) is 0 Å². The zero-order chi connectivity index (χ0) is 17.4. The number of hydrogen-bond acceptors (Lipinski definition) is 4. The summed E-state index contributed by atoms with van der Waals surface area (Å²) >= 11 is 1.81. The zero-order valence-corrected chi connectivity index (χ0v) is 15.9. The van der Waals surface area contributed by atoms with Gasteiger partial charge in [-0.05, 0) is 24.1 Å². The molecule has 1 fully saturated rings. The van der Waals surface area contributed by atoms with E-state index >= 15 is 0 Å². The summed E-state index contributed by atoms with van der Waals surface area (Å²) in [4.78, 5) is 14.6. The van der Waals surface area contributed by atoms with Crippen molar-refractivity contribution in [2.45, 2.75) is 50.8 Å². The number of nitrogens with zero attached hydrogens (tertiary/aromatic N) is 1. The third kappa shape index (κ3) is 5.07. The van der Waals surface area contributed by atoms with Crippen LogP contribution in [0.4, 0.5) is 0 Å². The lowest BCUT2D eigenvalue weighted by Crippen LogP contribution is -2.30. The van der Waals surface area contributed by atoms with Gasteiger partial charge in [0.2, 0.25) is 5.91 Å². The highest BCUT2D eigenvalue weighted by molar-refractivity contribution is 7.99. The number of hydrogen-bond donors (Lipinski definition) is 0. The van der Waals surface area contributed by atoms with Crippen molar-refractivity contribution in [1.29, 1.82) is 0 Å². The SMILES string of the molecule is CCCCCCCC(=O)N1CCSC1c1cc(OC)cc(OC)c1. The summed E-state index contributed by atoms with van der Waals surface area (Å²) in [5.74, 6) is 2.78. The summed E-state index contributed by atoms with van der Waals surface area (Å²) in [6, 6.07) is 5.88. The number of thioether (sulfide) groups is 1. The van der Waals surface area contributed by atoms with Gasteiger partial charge in [-0.1, -0.05) is 32.6 Å². The van der Waals surface area contributed by atoms with Crippen LogP contribution in [-0.2, 0) is 4.79 Å². The van der Waals surface area contributed by atoms with Crippen LogP contribution in [0, 0.1) is 0 Å². The Morgan fingerprint density at radius 3 is 2.42 bits per heavy atom. The fourth-order valence-corrected chi connectivity index (χ4v) is 4.25. The van der Waals surface area contributed by atoms with Crippen molar-refractivity contribution < 1.29 is 14.3 Å². The minimum Gasteiger partial charge on any atom is -0.497 e. The number of carbonyl (C=O) groups excluding carboxylic acids is 1. The van der Waals surface area contributed by atoms with Crippen molar-refractivity contribution in [2.24, 2.45) is 0 Å². The zero-order valence-electron chi connectivity index (χ0n) is 15.0. The molecule has 1 aromatic rings. The van der Waals surface area contributed by atoms with Crippen LogP contribution in [0.25, 0.3) is 0 Å². The largest absolute Gasteiger partial charge is 0.497 e. The van der Waals surface area contributed by atoms with Crippen LogP contribution in [0.2, 0.25) is 0 Å². The predicted molar refractivity (Wildman–Crippen MR) is 99.8 cm³/mol. The van der Waals surface area contributed by atoms with Gasteiger partial charge in [0.1, 0.15) is 16.9 Å². The molecule has 0 radical (unpaired) electrons. The van der Waals surface area contributed by atoms with Gasteiger partial charge in [-0.15, -0.1) is 11.8 Å². The first kappa shape index (κ1) is 19.0. The Hall–Kier alpha value is -1.36. The van der Waals surface area contributed by atoms with Crippen molar-refractivity contribution in [2.75, 3.05) is 26.5 Å². The van der Waals surface area contributed by atoms with E-state index in [1.165, 1.54) is 19.3 Å². The number of amides is 1. The minimum atomic E-state index is 0.0668. The third-order valence-corrected chi connectivity index (χ3v) is 5.63. The molecule has 4 nitrogen and oxygen atoms in total. The Balaban J connectivity index is 2.00. The average Bonchev–Trinajstić information content (AvgIpc) is 3.10. The molecule has 1 amide bonds. The number of methoxy groups -OCH3 is 2. The van der Waals surface area contributed by atoms with Crippen LogP contribution in [0.1, 0.15) is 56.4 Å². The molecule has 0 spiro atoms. The molecule has 1 heterocycles. The lowest BCUT2D eigenvalue weighted by molar-refractivity contribution is -0.131. The first-order valence-corrected chi connectivity index (χ1v) is 9.88.